The first-order chi connectivity index (χ1) is 7.34. The standard InChI is InChI=1S/C12H17Cl2NO/c1-8(16)12(2,3)15-7-9-5-4-6-10(13)11(9)14/h4-6,8,15-16H,7H2,1-3H3. The maximum Gasteiger partial charge on any atom is 0.0688 e. The molecule has 0 heterocycles. The van der Waals surface area contributed by atoms with Crippen LogP contribution in [0.3, 0.4) is 0 Å². The lowest BCUT2D eigenvalue weighted by molar-refractivity contribution is 0.0956. The summed E-state index contributed by atoms with van der Waals surface area (Å²) in [5, 5.41) is 13.9. The lowest BCUT2D eigenvalue weighted by Gasteiger charge is -2.29. The predicted molar refractivity (Wildman–Crippen MR) is 69.1 cm³/mol. The van der Waals surface area contributed by atoms with Crippen molar-refractivity contribution in [2.45, 2.75) is 39.0 Å². The van der Waals surface area contributed by atoms with Crippen LogP contribution in [0.15, 0.2) is 18.2 Å². The second-order valence-electron chi connectivity index (χ2n) is 4.46. The van der Waals surface area contributed by atoms with Gasteiger partial charge in [-0.05, 0) is 32.4 Å². The number of halogens is 2. The van der Waals surface area contributed by atoms with Crippen molar-refractivity contribution in [2.75, 3.05) is 0 Å². The zero-order valence-electron chi connectivity index (χ0n) is 9.72. The number of aliphatic hydroxyl groups excluding tert-OH is 1. The lowest BCUT2D eigenvalue weighted by atomic mass is 9.98. The molecule has 0 spiro atoms. The first-order valence-corrected chi connectivity index (χ1v) is 5.96. The van der Waals surface area contributed by atoms with E-state index in [9.17, 15) is 5.11 Å². The molecule has 0 aromatic heterocycles. The van der Waals surface area contributed by atoms with Crippen LogP contribution in [0.5, 0.6) is 0 Å². The van der Waals surface area contributed by atoms with E-state index in [1.165, 1.54) is 0 Å². The van der Waals surface area contributed by atoms with Gasteiger partial charge in [-0.15, -0.1) is 0 Å². The lowest BCUT2D eigenvalue weighted by Crippen LogP contribution is -2.47. The number of rotatable bonds is 4. The molecule has 1 unspecified atom stereocenters. The molecule has 0 aliphatic carbocycles. The minimum Gasteiger partial charge on any atom is -0.392 e. The molecule has 4 heteroatoms. The van der Waals surface area contributed by atoms with E-state index in [-0.39, 0.29) is 5.54 Å². The van der Waals surface area contributed by atoms with E-state index in [0.717, 1.165) is 5.56 Å². The molecule has 0 saturated carbocycles. The molecular formula is C12H17Cl2NO. The molecule has 1 rings (SSSR count). The molecule has 0 aliphatic rings. The fourth-order valence-corrected chi connectivity index (χ4v) is 1.54. The Morgan fingerprint density at radius 2 is 2.00 bits per heavy atom. The first-order valence-electron chi connectivity index (χ1n) is 5.20. The molecular weight excluding hydrogens is 245 g/mol. The van der Waals surface area contributed by atoms with Gasteiger partial charge in [-0.1, -0.05) is 35.3 Å². The van der Waals surface area contributed by atoms with Crippen LogP contribution in [0.1, 0.15) is 26.3 Å². The summed E-state index contributed by atoms with van der Waals surface area (Å²) >= 11 is 12.0. The SMILES string of the molecule is CC(O)C(C)(C)NCc1cccc(Cl)c1Cl. The van der Waals surface area contributed by atoms with Crippen molar-refractivity contribution in [3.05, 3.63) is 33.8 Å². The number of aliphatic hydroxyl groups is 1. The predicted octanol–water partition coefficient (Wildman–Crippen LogP) is 3.24. The summed E-state index contributed by atoms with van der Waals surface area (Å²) in [6, 6.07) is 5.53. The highest BCUT2D eigenvalue weighted by atomic mass is 35.5. The maximum atomic E-state index is 9.56. The molecule has 1 aromatic carbocycles. The Morgan fingerprint density at radius 1 is 1.38 bits per heavy atom. The molecule has 0 bridgehead atoms. The van der Waals surface area contributed by atoms with E-state index in [2.05, 4.69) is 5.32 Å². The highest BCUT2D eigenvalue weighted by molar-refractivity contribution is 6.42. The molecule has 0 aliphatic heterocycles. The molecule has 0 radical (unpaired) electrons. The van der Waals surface area contributed by atoms with Crippen molar-refractivity contribution < 1.29 is 5.11 Å². The Kier molecular flexibility index (Phi) is 4.62. The van der Waals surface area contributed by atoms with Crippen LogP contribution in [-0.2, 0) is 6.54 Å². The van der Waals surface area contributed by atoms with Gasteiger partial charge in [0.25, 0.3) is 0 Å². The quantitative estimate of drug-likeness (QED) is 0.873. The van der Waals surface area contributed by atoms with Crippen molar-refractivity contribution in [3.63, 3.8) is 0 Å². The van der Waals surface area contributed by atoms with E-state index in [1.807, 2.05) is 26.0 Å². The van der Waals surface area contributed by atoms with Crippen LogP contribution >= 0.6 is 23.2 Å². The summed E-state index contributed by atoms with van der Waals surface area (Å²) in [5.41, 5.74) is 0.578. The monoisotopic (exact) mass is 261 g/mol. The maximum absolute atomic E-state index is 9.56. The van der Waals surface area contributed by atoms with Crippen LogP contribution in [0.2, 0.25) is 10.0 Å². The van der Waals surface area contributed by atoms with Crippen LogP contribution in [-0.4, -0.2) is 16.7 Å². The molecule has 0 fully saturated rings. The van der Waals surface area contributed by atoms with Crippen molar-refractivity contribution in [2.24, 2.45) is 0 Å². The van der Waals surface area contributed by atoms with Crippen LogP contribution in [0, 0.1) is 0 Å². The fourth-order valence-electron chi connectivity index (χ4n) is 1.16. The molecule has 1 atom stereocenters. The van der Waals surface area contributed by atoms with Gasteiger partial charge < -0.3 is 10.4 Å². The van der Waals surface area contributed by atoms with E-state index < -0.39 is 6.10 Å². The van der Waals surface area contributed by atoms with Gasteiger partial charge in [-0.25, -0.2) is 0 Å². The van der Waals surface area contributed by atoms with Crippen LogP contribution < -0.4 is 5.32 Å². The third-order valence-corrected chi connectivity index (χ3v) is 3.67. The molecule has 2 N–H and O–H groups in total. The van der Waals surface area contributed by atoms with E-state index in [1.54, 1.807) is 13.0 Å². The summed E-state index contributed by atoms with van der Waals surface area (Å²) in [4.78, 5) is 0. The number of benzene rings is 1. The zero-order valence-corrected chi connectivity index (χ0v) is 11.2. The second-order valence-corrected chi connectivity index (χ2v) is 5.25. The first kappa shape index (κ1) is 13.8. The summed E-state index contributed by atoms with van der Waals surface area (Å²) in [6.07, 6.45) is -0.439. The van der Waals surface area contributed by atoms with Crippen molar-refractivity contribution in [1.82, 2.24) is 5.32 Å². The van der Waals surface area contributed by atoms with Crippen molar-refractivity contribution in [1.29, 1.82) is 0 Å². The smallest absolute Gasteiger partial charge is 0.0688 e. The number of hydrogen-bond acceptors (Lipinski definition) is 2. The Balaban J connectivity index is 2.72. The third kappa shape index (κ3) is 3.36. The minimum atomic E-state index is -0.439. The Bertz CT molecular complexity index is 364. The zero-order chi connectivity index (χ0) is 12.3. The van der Waals surface area contributed by atoms with Gasteiger partial charge in [0.15, 0.2) is 0 Å². The van der Waals surface area contributed by atoms with Gasteiger partial charge in [0.2, 0.25) is 0 Å². The highest BCUT2D eigenvalue weighted by Gasteiger charge is 2.23. The molecule has 16 heavy (non-hydrogen) atoms. The molecule has 0 amide bonds. The number of hydrogen-bond donors (Lipinski definition) is 2. The average Bonchev–Trinajstić information content (AvgIpc) is 2.20. The Hall–Kier alpha value is -0.280. The van der Waals surface area contributed by atoms with Crippen LogP contribution in [0.25, 0.3) is 0 Å². The van der Waals surface area contributed by atoms with Gasteiger partial charge in [0.1, 0.15) is 0 Å². The Morgan fingerprint density at radius 3 is 2.56 bits per heavy atom. The average molecular weight is 262 g/mol. The van der Waals surface area contributed by atoms with Gasteiger partial charge in [0, 0.05) is 12.1 Å². The van der Waals surface area contributed by atoms with Gasteiger partial charge >= 0.3 is 0 Å². The fraction of sp³-hybridized carbons (Fsp3) is 0.500. The van der Waals surface area contributed by atoms with Crippen molar-refractivity contribution in [3.8, 4) is 0 Å². The summed E-state index contributed by atoms with van der Waals surface area (Å²) in [6.45, 7) is 6.22. The highest BCUT2D eigenvalue weighted by Crippen LogP contribution is 2.25. The summed E-state index contributed by atoms with van der Waals surface area (Å²) < 4.78 is 0. The second kappa shape index (κ2) is 5.37. The van der Waals surface area contributed by atoms with E-state index >= 15 is 0 Å². The summed E-state index contributed by atoms with van der Waals surface area (Å²) in [5.74, 6) is 0. The van der Waals surface area contributed by atoms with Gasteiger partial charge in [-0.3, -0.25) is 0 Å². The largest absolute Gasteiger partial charge is 0.392 e. The Labute approximate surface area is 107 Å². The topological polar surface area (TPSA) is 32.3 Å². The van der Waals surface area contributed by atoms with E-state index in [4.69, 9.17) is 23.2 Å². The summed E-state index contributed by atoms with van der Waals surface area (Å²) in [7, 11) is 0. The number of nitrogens with one attached hydrogen (secondary N) is 1. The van der Waals surface area contributed by atoms with E-state index in [0.29, 0.717) is 16.6 Å². The molecule has 0 saturated heterocycles. The molecule has 90 valence electrons. The van der Waals surface area contributed by atoms with Crippen LogP contribution in [0.4, 0.5) is 0 Å². The molecule has 1 aromatic rings. The normalized spacial score (nSPS) is 13.9. The van der Waals surface area contributed by atoms with Gasteiger partial charge in [-0.2, -0.15) is 0 Å². The van der Waals surface area contributed by atoms with Gasteiger partial charge in [0.05, 0.1) is 16.1 Å². The van der Waals surface area contributed by atoms with Crippen molar-refractivity contribution >= 4 is 23.2 Å². The molecule has 2 nitrogen and oxygen atoms in total. The minimum absolute atomic E-state index is 0.356. The third-order valence-electron chi connectivity index (χ3n) is 2.81.